The molecule has 2 amide bonds. The van der Waals surface area contributed by atoms with Gasteiger partial charge in [0.2, 0.25) is 5.91 Å². The van der Waals surface area contributed by atoms with E-state index in [1.165, 1.54) is 0 Å². The molecular weight excluding hydrogens is 302 g/mol. The van der Waals surface area contributed by atoms with Crippen molar-refractivity contribution in [2.45, 2.75) is 25.7 Å². The molecular formula is C16H22ClN3O2. The van der Waals surface area contributed by atoms with Crippen LogP contribution in [0.2, 0.25) is 0 Å². The van der Waals surface area contributed by atoms with Crippen molar-refractivity contribution in [1.29, 1.82) is 0 Å². The molecule has 1 unspecified atom stereocenters. The number of likely N-dealkylation sites (tertiary alicyclic amines) is 1. The molecule has 0 radical (unpaired) electrons. The Labute approximate surface area is 136 Å². The highest BCUT2D eigenvalue weighted by molar-refractivity contribution is 5.97. The number of anilines is 1. The van der Waals surface area contributed by atoms with Gasteiger partial charge in [-0.2, -0.15) is 0 Å². The van der Waals surface area contributed by atoms with E-state index in [4.69, 9.17) is 5.73 Å². The van der Waals surface area contributed by atoms with Crippen molar-refractivity contribution in [3.63, 3.8) is 0 Å². The predicted molar refractivity (Wildman–Crippen MR) is 88.3 cm³/mol. The number of hydrogen-bond donors (Lipinski definition) is 2. The van der Waals surface area contributed by atoms with Gasteiger partial charge in [-0.3, -0.25) is 9.59 Å². The summed E-state index contributed by atoms with van der Waals surface area (Å²) in [4.78, 5) is 25.9. The molecule has 2 aliphatic rings. The number of halogens is 1. The molecule has 3 N–H and O–H groups in total. The lowest BCUT2D eigenvalue weighted by Crippen LogP contribution is -2.44. The van der Waals surface area contributed by atoms with Gasteiger partial charge in [0.25, 0.3) is 5.91 Å². The largest absolute Gasteiger partial charge is 0.385 e. The third kappa shape index (κ3) is 3.19. The van der Waals surface area contributed by atoms with Crippen molar-refractivity contribution < 1.29 is 9.59 Å². The third-order valence-electron chi connectivity index (χ3n) is 4.44. The molecule has 22 heavy (non-hydrogen) atoms. The molecule has 2 aliphatic heterocycles. The molecule has 1 atom stereocenters. The van der Waals surface area contributed by atoms with Crippen molar-refractivity contribution in [2.75, 3.05) is 25.0 Å². The Balaban J connectivity index is 0.00000176. The fourth-order valence-corrected chi connectivity index (χ4v) is 3.27. The number of piperidine rings is 1. The zero-order valence-corrected chi connectivity index (χ0v) is 13.3. The van der Waals surface area contributed by atoms with Gasteiger partial charge in [-0.25, -0.2) is 0 Å². The van der Waals surface area contributed by atoms with Crippen LogP contribution in [-0.4, -0.2) is 36.3 Å². The van der Waals surface area contributed by atoms with Gasteiger partial charge >= 0.3 is 0 Å². The van der Waals surface area contributed by atoms with E-state index >= 15 is 0 Å². The lowest BCUT2D eigenvalue weighted by atomic mass is 9.94. The first kappa shape index (κ1) is 16.6. The number of nitrogens with zero attached hydrogens (tertiary/aromatic N) is 1. The summed E-state index contributed by atoms with van der Waals surface area (Å²) in [6, 6.07) is 5.83. The molecule has 1 aromatic carbocycles. The summed E-state index contributed by atoms with van der Waals surface area (Å²) in [6.07, 6.45) is 3.60. The average molecular weight is 324 g/mol. The Morgan fingerprint density at radius 3 is 2.86 bits per heavy atom. The topological polar surface area (TPSA) is 75.4 Å². The third-order valence-corrected chi connectivity index (χ3v) is 4.44. The van der Waals surface area contributed by atoms with E-state index in [1.807, 2.05) is 18.2 Å². The van der Waals surface area contributed by atoms with Crippen LogP contribution in [0.3, 0.4) is 0 Å². The van der Waals surface area contributed by atoms with Crippen LogP contribution in [0.5, 0.6) is 0 Å². The molecule has 0 aliphatic carbocycles. The van der Waals surface area contributed by atoms with E-state index in [1.54, 1.807) is 4.90 Å². The van der Waals surface area contributed by atoms with Crippen LogP contribution in [-0.2, 0) is 11.2 Å². The highest BCUT2D eigenvalue weighted by Gasteiger charge is 2.29. The van der Waals surface area contributed by atoms with Crippen LogP contribution in [0.1, 0.15) is 35.2 Å². The molecule has 0 saturated carbocycles. The van der Waals surface area contributed by atoms with Crippen molar-refractivity contribution >= 4 is 29.9 Å². The molecule has 1 fully saturated rings. The minimum Gasteiger partial charge on any atom is -0.385 e. The summed E-state index contributed by atoms with van der Waals surface area (Å²) >= 11 is 0. The van der Waals surface area contributed by atoms with Crippen molar-refractivity contribution in [1.82, 2.24) is 4.90 Å². The normalized spacial score (nSPS) is 20.4. The quantitative estimate of drug-likeness (QED) is 0.871. The summed E-state index contributed by atoms with van der Waals surface area (Å²) in [5.74, 6) is -0.480. The van der Waals surface area contributed by atoms with Gasteiger partial charge in [0.15, 0.2) is 0 Å². The summed E-state index contributed by atoms with van der Waals surface area (Å²) < 4.78 is 0. The first-order valence-electron chi connectivity index (χ1n) is 7.61. The molecule has 5 nitrogen and oxygen atoms in total. The number of amides is 2. The highest BCUT2D eigenvalue weighted by atomic mass is 35.5. The smallest absolute Gasteiger partial charge is 0.254 e. The average Bonchev–Trinajstić information content (AvgIpc) is 2.53. The summed E-state index contributed by atoms with van der Waals surface area (Å²) in [5, 5.41) is 3.34. The Hall–Kier alpha value is -1.75. The second-order valence-corrected chi connectivity index (χ2v) is 5.85. The van der Waals surface area contributed by atoms with Crippen LogP contribution in [0, 0.1) is 5.92 Å². The number of hydrogen-bond acceptors (Lipinski definition) is 3. The van der Waals surface area contributed by atoms with E-state index in [0.29, 0.717) is 13.1 Å². The maximum atomic E-state index is 12.8. The van der Waals surface area contributed by atoms with Gasteiger partial charge in [-0.15, -0.1) is 12.4 Å². The SMILES string of the molecule is Cl.NC(=O)C1CCCN(C(=O)c2cccc3c2CCCN3)C1. The fraction of sp³-hybridized carbons (Fsp3) is 0.500. The molecule has 1 aromatic rings. The van der Waals surface area contributed by atoms with Gasteiger partial charge in [-0.1, -0.05) is 6.07 Å². The van der Waals surface area contributed by atoms with Crippen LogP contribution >= 0.6 is 12.4 Å². The zero-order valence-electron chi connectivity index (χ0n) is 12.5. The van der Waals surface area contributed by atoms with E-state index < -0.39 is 0 Å². The first-order chi connectivity index (χ1) is 10.2. The second kappa shape index (κ2) is 7.01. The second-order valence-electron chi connectivity index (χ2n) is 5.85. The van der Waals surface area contributed by atoms with Gasteiger partial charge < -0.3 is 16.0 Å². The lowest BCUT2D eigenvalue weighted by molar-refractivity contribution is -0.123. The number of carbonyl (C=O) groups is 2. The number of benzene rings is 1. The van der Waals surface area contributed by atoms with Crippen LogP contribution in [0.15, 0.2) is 18.2 Å². The molecule has 0 aromatic heterocycles. The van der Waals surface area contributed by atoms with E-state index in [-0.39, 0.29) is 30.1 Å². The molecule has 120 valence electrons. The van der Waals surface area contributed by atoms with Crippen molar-refractivity contribution in [3.8, 4) is 0 Å². The summed E-state index contributed by atoms with van der Waals surface area (Å²) in [7, 11) is 0. The van der Waals surface area contributed by atoms with Crippen molar-refractivity contribution in [2.24, 2.45) is 11.7 Å². The van der Waals surface area contributed by atoms with E-state index in [9.17, 15) is 9.59 Å². The summed E-state index contributed by atoms with van der Waals surface area (Å²) in [6.45, 7) is 2.11. The molecule has 0 bridgehead atoms. The zero-order chi connectivity index (χ0) is 14.8. The Morgan fingerprint density at radius 1 is 1.27 bits per heavy atom. The van der Waals surface area contributed by atoms with E-state index in [0.717, 1.165) is 49.0 Å². The number of nitrogens with one attached hydrogen (secondary N) is 1. The van der Waals surface area contributed by atoms with Gasteiger partial charge in [-0.05, 0) is 43.4 Å². The molecule has 1 saturated heterocycles. The minimum atomic E-state index is -0.302. The Kier molecular flexibility index (Phi) is 5.29. The standard InChI is InChI=1S/C16H21N3O2.ClH/c17-15(20)11-4-3-9-19(10-11)16(21)13-5-1-7-14-12(13)6-2-8-18-14;/h1,5,7,11,18H,2-4,6,8-10H2,(H2,17,20);1H. The molecule has 6 heteroatoms. The Bertz CT molecular complexity index is 577. The number of rotatable bonds is 2. The number of primary amides is 1. The van der Waals surface area contributed by atoms with Gasteiger partial charge in [0, 0.05) is 30.9 Å². The van der Waals surface area contributed by atoms with Gasteiger partial charge in [0.05, 0.1) is 5.92 Å². The predicted octanol–water partition coefficient (Wildman–Crippen LogP) is 1.80. The molecule has 0 spiro atoms. The maximum Gasteiger partial charge on any atom is 0.254 e. The number of fused-ring (bicyclic) bond motifs is 1. The lowest BCUT2D eigenvalue weighted by Gasteiger charge is -2.32. The summed E-state index contributed by atoms with van der Waals surface area (Å²) in [5.41, 5.74) is 8.33. The number of nitrogens with two attached hydrogens (primary N) is 1. The molecule has 2 heterocycles. The monoisotopic (exact) mass is 323 g/mol. The first-order valence-corrected chi connectivity index (χ1v) is 7.61. The van der Waals surface area contributed by atoms with Crippen LogP contribution in [0.4, 0.5) is 5.69 Å². The highest BCUT2D eigenvalue weighted by Crippen LogP contribution is 2.27. The fourth-order valence-electron chi connectivity index (χ4n) is 3.27. The van der Waals surface area contributed by atoms with Gasteiger partial charge in [0.1, 0.15) is 0 Å². The van der Waals surface area contributed by atoms with Crippen LogP contribution < -0.4 is 11.1 Å². The van der Waals surface area contributed by atoms with Crippen LogP contribution in [0.25, 0.3) is 0 Å². The minimum absolute atomic E-state index is 0. The molecule has 3 rings (SSSR count). The van der Waals surface area contributed by atoms with E-state index in [2.05, 4.69) is 5.32 Å². The number of carbonyl (C=O) groups excluding carboxylic acids is 2. The Morgan fingerprint density at radius 2 is 2.09 bits per heavy atom. The van der Waals surface area contributed by atoms with Crippen molar-refractivity contribution in [3.05, 3.63) is 29.3 Å². The maximum absolute atomic E-state index is 12.8.